The highest BCUT2D eigenvalue weighted by molar-refractivity contribution is 5.99. The Morgan fingerprint density at radius 2 is 1.65 bits per heavy atom. The Bertz CT molecular complexity index is 1820. The number of halogens is 1. The molecule has 2 aliphatic heterocycles. The molecular formula is C32H22FNO6. The molecule has 7 nitrogen and oxygen atoms in total. The molecule has 198 valence electrons. The van der Waals surface area contributed by atoms with Crippen LogP contribution in [-0.4, -0.2) is 17.6 Å². The first-order chi connectivity index (χ1) is 19.5. The summed E-state index contributed by atoms with van der Waals surface area (Å²) in [5, 5.41) is 0.0873. The van der Waals surface area contributed by atoms with Crippen molar-refractivity contribution in [3.05, 3.63) is 135 Å². The van der Waals surface area contributed by atoms with Gasteiger partial charge in [-0.3, -0.25) is 9.59 Å². The summed E-state index contributed by atoms with van der Waals surface area (Å²) >= 11 is 0. The second kappa shape index (κ2) is 9.57. The van der Waals surface area contributed by atoms with Crippen LogP contribution < -0.4 is 19.6 Å². The zero-order valence-electron chi connectivity index (χ0n) is 21.1. The van der Waals surface area contributed by atoms with Gasteiger partial charge in [-0.15, -0.1) is 0 Å². The average Bonchev–Trinajstić information content (AvgIpc) is 3.56. The van der Waals surface area contributed by atoms with Crippen molar-refractivity contribution in [3.8, 4) is 17.2 Å². The van der Waals surface area contributed by atoms with E-state index in [1.165, 1.54) is 12.1 Å². The van der Waals surface area contributed by atoms with E-state index in [0.717, 1.165) is 17.2 Å². The van der Waals surface area contributed by atoms with E-state index >= 15 is 0 Å². The van der Waals surface area contributed by atoms with E-state index in [-0.39, 0.29) is 35.6 Å². The number of nitrogens with zero attached hydrogens (tertiary/aromatic N) is 1. The molecule has 0 saturated heterocycles. The Kier molecular flexibility index (Phi) is 5.73. The second-order valence-electron chi connectivity index (χ2n) is 9.68. The molecule has 1 aromatic heterocycles. The van der Waals surface area contributed by atoms with Crippen LogP contribution in [0.15, 0.2) is 100 Å². The zero-order chi connectivity index (χ0) is 27.2. The van der Waals surface area contributed by atoms with Crippen molar-refractivity contribution >= 4 is 16.9 Å². The first-order valence-corrected chi connectivity index (χ1v) is 12.8. The summed E-state index contributed by atoms with van der Waals surface area (Å²) in [7, 11) is 0. The number of fused-ring (bicyclic) bond motifs is 3. The fraction of sp³-hybridized carbons (Fsp3) is 0.125. The molecular weight excluding hydrogens is 513 g/mol. The van der Waals surface area contributed by atoms with Crippen molar-refractivity contribution in [1.82, 2.24) is 4.90 Å². The van der Waals surface area contributed by atoms with Crippen LogP contribution in [0, 0.1) is 5.82 Å². The van der Waals surface area contributed by atoms with Gasteiger partial charge in [0.05, 0.1) is 17.0 Å². The maximum Gasteiger partial charge on any atom is 0.291 e. The molecule has 0 spiro atoms. The molecule has 0 radical (unpaired) electrons. The Hall–Kier alpha value is -5.11. The summed E-state index contributed by atoms with van der Waals surface area (Å²) in [4.78, 5) is 29.0. The van der Waals surface area contributed by atoms with Crippen molar-refractivity contribution in [1.29, 1.82) is 0 Å². The third-order valence-electron chi connectivity index (χ3n) is 7.16. The fourth-order valence-electron chi connectivity index (χ4n) is 5.23. The maximum atomic E-state index is 14.1. The van der Waals surface area contributed by atoms with Gasteiger partial charge in [0.2, 0.25) is 12.6 Å². The third-order valence-corrected chi connectivity index (χ3v) is 7.16. The minimum atomic E-state index is -0.750. The van der Waals surface area contributed by atoms with Crippen molar-refractivity contribution in [2.24, 2.45) is 0 Å². The van der Waals surface area contributed by atoms with Gasteiger partial charge >= 0.3 is 0 Å². The van der Waals surface area contributed by atoms with Gasteiger partial charge in [0.25, 0.3) is 5.91 Å². The molecule has 40 heavy (non-hydrogen) atoms. The molecule has 2 aliphatic rings. The van der Waals surface area contributed by atoms with E-state index in [1.807, 2.05) is 66.7 Å². The number of amides is 1. The first-order valence-electron chi connectivity index (χ1n) is 12.8. The summed E-state index contributed by atoms with van der Waals surface area (Å²) in [6.07, 6.45) is 0. The van der Waals surface area contributed by atoms with Crippen LogP contribution in [0.4, 0.5) is 4.39 Å². The number of carbonyl (C=O) groups excluding carboxylic acids is 1. The molecule has 1 unspecified atom stereocenters. The standard InChI is InChI=1S/C32H22FNO6/c33-22-9-13-25-24(15-22)30(35)28-29(21-7-10-23(11-8-21)37-17-19-4-2-1-3-5-19)34(32(36)31(28)40-25)16-20-6-12-26-27(14-20)39-18-38-26/h1-15,29H,16-18H2. The lowest BCUT2D eigenvalue weighted by atomic mass is 9.98. The highest BCUT2D eigenvalue weighted by Gasteiger charge is 2.43. The lowest BCUT2D eigenvalue weighted by molar-refractivity contribution is 0.0714. The Balaban J connectivity index is 1.28. The lowest BCUT2D eigenvalue weighted by Gasteiger charge is -2.25. The van der Waals surface area contributed by atoms with Crippen molar-refractivity contribution < 1.29 is 27.8 Å². The summed E-state index contributed by atoms with van der Waals surface area (Å²) in [5.74, 6) is 0.843. The van der Waals surface area contributed by atoms with Gasteiger partial charge in [0, 0.05) is 6.54 Å². The van der Waals surface area contributed by atoms with E-state index in [1.54, 1.807) is 11.0 Å². The number of carbonyl (C=O) groups is 1. The van der Waals surface area contributed by atoms with Gasteiger partial charge in [-0.1, -0.05) is 48.5 Å². The second-order valence-corrected chi connectivity index (χ2v) is 9.68. The normalized spacial score (nSPS) is 15.5. The number of rotatable bonds is 6. The van der Waals surface area contributed by atoms with Gasteiger partial charge in [-0.05, 0) is 59.2 Å². The van der Waals surface area contributed by atoms with E-state index in [4.69, 9.17) is 18.6 Å². The number of hydrogen-bond donors (Lipinski definition) is 0. The van der Waals surface area contributed by atoms with Gasteiger partial charge in [-0.2, -0.15) is 0 Å². The lowest BCUT2D eigenvalue weighted by Crippen LogP contribution is -2.29. The highest BCUT2D eigenvalue weighted by Crippen LogP contribution is 2.41. The molecule has 8 heteroatoms. The number of benzene rings is 4. The molecule has 5 aromatic rings. The largest absolute Gasteiger partial charge is 0.489 e. The Morgan fingerprint density at radius 1 is 0.850 bits per heavy atom. The summed E-state index contributed by atoms with van der Waals surface area (Å²) < 4.78 is 36.9. The molecule has 0 aliphatic carbocycles. The first kappa shape index (κ1) is 24.0. The SMILES string of the molecule is O=C1c2oc3ccc(F)cc3c(=O)c2C(c2ccc(OCc3ccccc3)cc2)N1Cc1ccc2c(c1)OCO2. The summed E-state index contributed by atoms with van der Waals surface area (Å²) in [6, 6.07) is 25.5. The smallest absolute Gasteiger partial charge is 0.291 e. The van der Waals surface area contributed by atoms with Crippen molar-refractivity contribution in [2.75, 3.05) is 6.79 Å². The minimum absolute atomic E-state index is 0.0424. The van der Waals surface area contributed by atoms with Crippen LogP contribution in [-0.2, 0) is 13.2 Å². The van der Waals surface area contributed by atoms with Crippen LogP contribution >= 0.6 is 0 Å². The molecule has 0 bridgehead atoms. The highest BCUT2D eigenvalue weighted by atomic mass is 19.1. The monoisotopic (exact) mass is 535 g/mol. The van der Waals surface area contributed by atoms with Crippen molar-refractivity contribution in [2.45, 2.75) is 19.2 Å². The summed E-state index contributed by atoms with van der Waals surface area (Å²) in [6.45, 7) is 0.721. The van der Waals surface area contributed by atoms with Gasteiger partial charge in [0.1, 0.15) is 23.8 Å². The minimum Gasteiger partial charge on any atom is -0.489 e. The van der Waals surface area contributed by atoms with E-state index < -0.39 is 23.2 Å². The molecule has 7 rings (SSSR count). The van der Waals surface area contributed by atoms with E-state index in [0.29, 0.717) is 29.4 Å². The number of hydrogen-bond acceptors (Lipinski definition) is 6. The van der Waals surface area contributed by atoms with Gasteiger partial charge < -0.3 is 23.5 Å². The molecule has 3 heterocycles. The molecule has 0 N–H and O–H groups in total. The topological polar surface area (TPSA) is 78.2 Å². The fourth-order valence-corrected chi connectivity index (χ4v) is 5.23. The summed E-state index contributed by atoms with van der Waals surface area (Å²) in [5.41, 5.74) is 2.43. The quantitative estimate of drug-likeness (QED) is 0.266. The predicted molar refractivity (Wildman–Crippen MR) is 144 cm³/mol. The molecule has 4 aromatic carbocycles. The van der Waals surface area contributed by atoms with E-state index in [9.17, 15) is 14.0 Å². The predicted octanol–water partition coefficient (Wildman–Crippen LogP) is 5.99. The van der Waals surface area contributed by atoms with Gasteiger partial charge in [-0.25, -0.2) is 4.39 Å². The van der Waals surface area contributed by atoms with Gasteiger partial charge in [0.15, 0.2) is 16.9 Å². The molecule has 1 amide bonds. The van der Waals surface area contributed by atoms with Crippen molar-refractivity contribution in [3.63, 3.8) is 0 Å². The molecule has 0 fully saturated rings. The van der Waals surface area contributed by atoms with Crippen LogP contribution in [0.1, 0.15) is 38.9 Å². The molecule has 1 atom stereocenters. The van der Waals surface area contributed by atoms with Crippen LogP contribution in [0.2, 0.25) is 0 Å². The zero-order valence-corrected chi connectivity index (χ0v) is 21.1. The third kappa shape index (κ3) is 4.14. The van der Waals surface area contributed by atoms with Crippen LogP contribution in [0.3, 0.4) is 0 Å². The number of ether oxygens (including phenoxy) is 3. The van der Waals surface area contributed by atoms with Crippen LogP contribution in [0.5, 0.6) is 17.2 Å². The Labute approximate surface area is 227 Å². The van der Waals surface area contributed by atoms with E-state index in [2.05, 4.69) is 0 Å². The maximum absolute atomic E-state index is 14.1. The Morgan fingerprint density at radius 3 is 2.48 bits per heavy atom. The van der Waals surface area contributed by atoms with Crippen LogP contribution in [0.25, 0.3) is 11.0 Å². The molecule has 0 saturated carbocycles. The average molecular weight is 536 g/mol.